The standard InChI is InChI=1S/C15H23NO2/c1-17-14-8-6-13(7-9-14)16-11-12-4-3-5-15(10-12)18-2/h3-5,10,13-14,16H,6-9,11H2,1-2H3. The van der Waals surface area contributed by atoms with Crippen molar-refractivity contribution in [1.29, 1.82) is 0 Å². The summed E-state index contributed by atoms with van der Waals surface area (Å²) in [5.74, 6) is 0.928. The molecule has 0 atom stereocenters. The number of nitrogens with one attached hydrogen (secondary N) is 1. The first-order chi connectivity index (χ1) is 8.81. The zero-order chi connectivity index (χ0) is 12.8. The van der Waals surface area contributed by atoms with Crippen LogP contribution in [-0.2, 0) is 11.3 Å². The van der Waals surface area contributed by atoms with E-state index < -0.39 is 0 Å². The Bertz CT molecular complexity index is 359. The third-order valence-electron chi connectivity index (χ3n) is 3.74. The minimum atomic E-state index is 0.472. The summed E-state index contributed by atoms with van der Waals surface area (Å²) in [4.78, 5) is 0. The van der Waals surface area contributed by atoms with E-state index in [1.165, 1.54) is 31.2 Å². The molecule has 1 aromatic rings. The van der Waals surface area contributed by atoms with E-state index in [0.717, 1.165) is 12.3 Å². The van der Waals surface area contributed by atoms with Gasteiger partial charge >= 0.3 is 0 Å². The fourth-order valence-corrected chi connectivity index (χ4v) is 2.55. The Balaban J connectivity index is 1.77. The van der Waals surface area contributed by atoms with Gasteiger partial charge in [0.25, 0.3) is 0 Å². The molecule has 0 heterocycles. The minimum Gasteiger partial charge on any atom is -0.497 e. The van der Waals surface area contributed by atoms with Crippen molar-refractivity contribution in [3.8, 4) is 5.75 Å². The van der Waals surface area contributed by atoms with Crippen LogP contribution < -0.4 is 10.1 Å². The van der Waals surface area contributed by atoms with E-state index >= 15 is 0 Å². The molecule has 1 aliphatic rings. The Morgan fingerprint density at radius 1 is 1.17 bits per heavy atom. The van der Waals surface area contributed by atoms with E-state index in [4.69, 9.17) is 9.47 Å². The van der Waals surface area contributed by atoms with E-state index in [0.29, 0.717) is 12.1 Å². The summed E-state index contributed by atoms with van der Waals surface area (Å²) in [7, 11) is 3.52. The van der Waals surface area contributed by atoms with Crippen LogP contribution >= 0.6 is 0 Å². The van der Waals surface area contributed by atoms with E-state index in [1.54, 1.807) is 7.11 Å². The number of rotatable bonds is 5. The molecule has 1 saturated carbocycles. The average Bonchev–Trinajstić information content (AvgIpc) is 2.46. The molecule has 1 N–H and O–H groups in total. The van der Waals surface area contributed by atoms with Gasteiger partial charge in [-0.25, -0.2) is 0 Å². The Hall–Kier alpha value is -1.06. The summed E-state index contributed by atoms with van der Waals surface area (Å²) in [5.41, 5.74) is 1.28. The van der Waals surface area contributed by atoms with Crippen molar-refractivity contribution in [2.24, 2.45) is 0 Å². The van der Waals surface area contributed by atoms with E-state index in [1.807, 2.05) is 19.2 Å². The summed E-state index contributed by atoms with van der Waals surface area (Å²) in [6.07, 6.45) is 5.24. The Morgan fingerprint density at radius 3 is 2.61 bits per heavy atom. The fraction of sp³-hybridized carbons (Fsp3) is 0.600. The van der Waals surface area contributed by atoms with E-state index in [2.05, 4.69) is 17.4 Å². The SMILES string of the molecule is COc1cccc(CNC2CCC(OC)CC2)c1. The van der Waals surface area contributed by atoms with Gasteiger partial charge < -0.3 is 14.8 Å². The summed E-state index contributed by atoms with van der Waals surface area (Å²) >= 11 is 0. The molecule has 3 nitrogen and oxygen atoms in total. The van der Waals surface area contributed by atoms with Gasteiger partial charge in [-0.15, -0.1) is 0 Å². The molecule has 0 spiro atoms. The van der Waals surface area contributed by atoms with Crippen LogP contribution in [0.4, 0.5) is 0 Å². The lowest BCUT2D eigenvalue weighted by Crippen LogP contribution is -2.34. The van der Waals surface area contributed by atoms with Gasteiger partial charge in [0.2, 0.25) is 0 Å². The lowest BCUT2D eigenvalue weighted by Gasteiger charge is -2.28. The molecular weight excluding hydrogens is 226 g/mol. The maximum Gasteiger partial charge on any atom is 0.119 e. The number of methoxy groups -OCH3 is 2. The first-order valence-electron chi connectivity index (χ1n) is 6.71. The number of hydrogen-bond donors (Lipinski definition) is 1. The molecule has 1 aromatic carbocycles. The summed E-state index contributed by atoms with van der Waals surface area (Å²) in [5, 5.41) is 3.62. The van der Waals surface area contributed by atoms with Crippen molar-refractivity contribution >= 4 is 0 Å². The summed E-state index contributed by atoms with van der Waals surface area (Å²) in [6, 6.07) is 8.87. The highest BCUT2D eigenvalue weighted by molar-refractivity contribution is 5.28. The van der Waals surface area contributed by atoms with Crippen molar-refractivity contribution in [3.05, 3.63) is 29.8 Å². The van der Waals surface area contributed by atoms with Crippen LogP contribution in [0.5, 0.6) is 5.75 Å². The van der Waals surface area contributed by atoms with Gasteiger partial charge in [-0.1, -0.05) is 12.1 Å². The number of benzene rings is 1. The summed E-state index contributed by atoms with van der Waals surface area (Å²) in [6.45, 7) is 0.916. The first-order valence-corrected chi connectivity index (χ1v) is 6.71. The van der Waals surface area contributed by atoms with Crippen molar-refractivity contribution in [2.45, 2.75) is 44.4 Å². The summed E-state index contributed by atoms with van der Waals surface area (Å²) < 4.78 is 10.6. The molecule has 0 radical (unpaired) electrons. The number of hydrogen-bond acceptors (Lipinski definition) is 3. The Labute approximate surface area is 109 Å². The number of ether oxygens (including phenoxy) is 2. The third-order valence-corrected chi connectivity index (χ3v) is 3.74. The highest BCUT2D eigenvalue weighted by Gasteiger charge is 2.20. The normalized spacial score (nSPS) is 23.9. The zero-order valence-corrected chi connectivity index (χ0v) is 11.3. The van der Waals surface area contributed by atoms with Gasteiger partial charge in [-0.05, 0) is 43.4 Å². The smallest absolute Gasteiger partial charge is 0.119 e. The molecule has 3 heteroatoms. The minimum absolute atomic E-state index is 0.472. The highest BCUT2D eigenvalue weighted by atomic mass is 16.5. The van der Waals surface area contributed by atoms with Crippen molar-refractivity contribution < 1.29 is 9.47 Å². The molecule has 0 unspecified atom stereocenters. The second-order valence-corrected chi connectivity index (χ2v) is 4.94. The fourth-order valence-electron chi connectivity index (χ4n) is 2.55. The molecule has 2 rings (SSSR count). The highest BCUT2D eigenvalue weighted by Crippen LogP contribution is 2.21. The van der Waals surface area contributed by atoms with Crippen LogP contribution in [0.2, 0.25) is 0 Å². The third kappa shape index (κ3) is 3.72. The van der Waals surface area contributed by atoms with E-state index in [-0.39, 0.29) is 0 Å². The lowest BCUT2D eigenvalue weighted by molar-refractivity contribution is 0.0624. The molecule has 0 saturated heterocycles. The quantitative estimate of drug-likeness (QED) is 0.870. The molecule has 0 aromatic heterocycles. The Kier molecular flexibility index (Phi) is 5.02. The molecular formula is C15H23NO2. The van der Waals surface area contributed by atoms with Gasteiger partial charge in [0.15, 0.2) is 0 Å². The van der Waals surface area contributed by atoms with Crippen molar-refractivity contribution in [1.82, 2.24) is 5.32 Å². The van der Waals surface area contributed by atoms with Crippen LogP contribution in [0.15, 0.2) is 24.3 Å². The molecule has 0 amide bonds. The van der Waals surface area contributed by atoms with Crippen molar-refractivity contribution in [2.75, 3.05) is 14.2 Å². The molecule has 100 valence electrons. The zero-order valence-electron chi connectivity index (χ0n) is 11.3. The van der Waals surface area contributed by atoms with Crippen LogP contribution in [0, 0.1) is 0 Å². The van der Waals surface area contributed by atoms with Crippen LogP contribution in [-0.4, -0.2) is 26.4 Å². The molecule has 0 bridgehead atoms. The predicted molar refractivity (Wildman–Crippen MR) is 72.9 cm³/mol. The molecule has 18 heavy (non-hydrogen) atoms. The molecule has 1 aliphatic carbocycles. The van der Waals surface area contributed by atoms with Gasteiger partial charge in [0, 0.05) is 19.7 Å². The van der Waals surface area contributed by atoms with Gasteiger partial charge in [0.05, 0.1) is 13.2 Å². The molecule has 0 aliphatic heterocycles. The van der Waals surface area contributed by atoms with Crippen LogP contribution in [0.3, 0.4) is 0 Å². The maximum absolute atomic E-state index is 5.39. The Morgan fingerprint density at radius 2 is 1.94 bits per heavy atom. The topological polar surface area (TPSA) is 30.5 Å². The average molecular weight is 249 g/mol. The second kappa shape index (κ2) is 6.76. The molecule has 1 fully saturated rings. The largest absolute Gasteiger partial charge is 0.497 e. The monoisotopic (exact) mass is 249 g/mol. The lowest BCUT2D eigenvalue weighted by atomic mass is 9.93. The van der Waals surface area contributed by atoms with Crippen LogP contribution in [0.1, 0.15) is 31.2 Å². The van der Waals surface area contributed by atoms with Gasteiger partial charge in [-0.2, -0.15) is 0 Å². The second-order valence-electron chi connectivity index (χ2n) is 4.94. The van der Waals surface area contributed by atoms with Crippen LogP contribution in [0.25, 0.3) is 0 Å². The predicted octanol–water partition coefficient (Wildman–Crippen LogP) is 2.74. The van der Waals surface area contributed by atoms with Crippen molar-refractivity contribution in [3.63, 3.8) is 0 Å². The first kappa shape index (κ1) is 13.4. The van der Waals surface area contributed by atoms with Gasteiger partial charge in [0.1, 0.15) is 5.75 Å². The van der Waals surface area contributed by atoms with E-state index in [9.17, 15) is 0 Å². The van der Waals surface area contributed by atoms with Gasteiger partial charge in [-0.3, -0.25) is 0 Å². The maximum atomic E-state index is 5.39.